The van der Waals surface area contributed by atoms with Crippen molar-refractivity contribution in [1.82, 2.24) is 9.80 Å². The Bertz CT molecular complexity index is 385. The lowest BCUT2D eigenvalue weighted by atomic mass is 10.0. The summed E-state index contributed by atoms with van der Waals surface area (Å²) in [5, 5.41) is 9.14. The molecule has 0 amide bonds. The van der Waals surface area contributed by atoms with Gasteiger partial charge in [-0.2, -0.15) is 5.26 Å². The highest BCUT2D eigenvalue weighted by Crippen LogP contribution is 2.18. The quantitative estimate of drug-likeness (QED) is 0.772. The van der Waals surface area contributed by atoms with E-state index in [1.54, 1.807) is 0 Å². The first-order chi connectivity index (χ1) is 8.62. The number of hydrogen-bond acceptors (Lipinski definition) is 3. The molecule has 0 radical (unpaired) electrons. The molecule has 18 heavy (non-hydrogen) atoms. The molecule has 0 saturated carbocycles. The molecule has 1 atom stereocenters. The van der Waals surface area contributed by atoms with Gasteiger partial charge in [-0.05, 0) is 38.3 Å². The number of benzene rings is 1. The summed E-state index contributed by atoms with van der Waals surface area (Å²) in [6, 6.07) is 10.5. The van der Waals surface area contributed by atoms with Gasteiger partial charge in [0.15, 0.2) is 0 Å². The van der Waals surface area contributed by atoms with Crippen LogP contribution in [-0.2, 0) is 6.54 Å². The maximum absolute atomic E-state index is 9.14. The molecule has 3 heteroatoms. The van der Waals surface area contributed by atoms with Crippen LogP contribution >= 0.6 is 0 Å². The minimum absolute atomic E-state index is 0.160. The maximum Gasteiger partial charge on any atom is 0.123 e. The molecule has 1 aromatic carbocycles. The summed E-state index contributed by atoms with van der Waals surface area (Å²) < 4.78 is 0. The molecule has 0 N–H and O–H groups in total. The maximum atomic E-state index is 9.14. The Kier molecular flexibility index (Phi) is 5.84. The first-order valence-corrected chi connectivity index (χ1v) is 6.49. The minimum atomic E-state index is -0.160. The zero-order valence-electron chi connectivity index (χ0n) is 11.8. The highest BCUT2D eigenvalue weighted by molar-refractivity contribution is 5.28. The van der Waals surface area contributed by atoms with Crippen molar-refractivity contribution in [3.63, 3.8) is 0 Å². The van der Waals surface area contributed by atoms with Crippen molar-refractivity contribution in [2.24, 2.45) is 0 Å². The normalized spacial score (nSPS) is 12.7. The molecule has 0 aromatic heterocycles. The summed E-state index contributed by atoms with van der Waals surface area (Å²) in [5.41, 5.74) is 2.36. The molecule has 98 valence electrons. The molecule has 1 unspecified atom stereocenters. The van der Waals surface area contributed by atoms with Crippen molar-refractivity contribution >= 4 is 0 Å². The van der Waals surface area contributed by atoms with Gasteiger partial charge in [0.25, 0.3) is 0 Å². The highest BCUT2D eigenvalue weighted by Gasteiger charge is 2.12. The Morgan fingerprint density at radius 1 is 1.11 bits per heavy atom. The van der Waals surface area contributed by atoms with Gasteiger partial charge in [-0.3, -0.25) is 9.80 Å². The average molecular weight is 245 g/mol. The predicted molar refractivity (Wildman–Crippen MR) is 75.1 cm³/mol. The van der Waals surface area contributed by atoms with Crippen molar-refractivity contribution in [1.29, 1.82) is 5.26 Å². The van der Waals surface area contributed by atoms with E-state index >= 15 is 0 Å². The van der Waals surface area contributed by atoms with E-state index in [0.29, 0.717) is 0 Å². The van der Waals surface area contributed by atoms with Crippen LogP contribution in [0.2, 0.25) is 0 Å². The third-order valence-electron chi connectivity index (χ3n) is 3.23. The van der Waals surface area contributed by atoms with E-state index in [0.717, 1.165) is 25.2 Å². The molecule has 0 spiro atoms. The van der Waals surface area contributed by atoms with E-state index in [1.807, 2.05) is 19.0 Å². The molecule has 0 heterocycles. The smallest absolute Gasteiger partial charge is 0.123 e. The molecular weight excluding hydrogens is 222 g/mol. The van der Waals surface area contributed by atoms with E-state index in [-0.39, 0.29) is 6.04 Å². The third kappa shape index (κ3) is 3.83. The Hall–Kier alpha value is -1.37. The number of rotatable bonds is 6. The van der Waals surface area contributed by atoms with E-state index in [4.69, 9.17) is 5.26 Å². The standard InChI is InChI=1S/C15H23N3/c1-5-18(6-2)12-13-7-9-14(10-8-13)15(11-16)17(3)4/h7-10,15H,5-6,12H2,1-4H3. The van der Waals surface area contributed by atoms with E-state index in [9.17, 15) is 0 Å². The largest absolute Gasteiger partial charge is 0.300 e. The fourth-order valence-corrected chi connectivity index (χ4v) is 2.00. The minimum Gasteiger partial charge on any atom is -0.300 e. The molecule has 1 aromatic rings. The molecule has 0 fully saturated rings. The van der Waals surface area contributed by atoms with Gasteiger partial charge in [-0.1, -0.05) is 38.1 Å². The van der Waals surface area contributed by atoms with Crippen LogP contribution in [0.3, 0.4) is 0 Å². The summed E-state index contributed by atoms with van der Waals surface area (Å²) in [5.74, 6) is 0. The lowest BCUT2D eigenvalue weighted by Crippen LogP contribution is -2.22. The second kappa shape index (κ2) is 7.15. The van der Waals surface area contributed by atoms with Crippen molar-refractivity contribution < 1.29 is 0 Å². The van der Waals surface area contributed by atoms with Crippen LogP contribution in [0.25, 0.3) is 0 Å². The highest BCUT2D eigenvalue weighted by atomic mass is 15.1. The van der Waals surface area contributed by atoms with Crippen LogP contribution in [0.5, 0.6) is 0 Å². The van der Waals surface area contributed by atoms with Crippen molar-refractivity contribution in [3.8, 4) is 6.07 Å². The topological polar surface area (TPSA) is 30.3 Å². The molecule has 3 nitrogen and oxygen atoms in total. The van der Waals surface area contributed by atoms with Crippen molar-refractivity contribution in [2.75, 3.05) is 27.2 Å². The van der Waals surface area contributed by atoms with E-state index < -0.39 is 0 Å². The molecule has 0 bridgehead atoms. The number of nitrogens with zero attached hydrogens (tertiary/aromatic N) is 3. The van der Waals surface area contributed by atoms with Gasteiger partial charge in [-0.25, -0.2) is 0 Å². The number of hydrogen-bond donors (Lipinski definition) is 0. The second-order valence-electron chi connectivity index (χ2n) is 4.70. The van der Waals surface area contributed by atoms with Gasteiger partial charge < -0.3 is 0 Å². The van der Waals surface area contributed by atoms with Gasteiger partial charge in [0.1, 0.15) is 6.04 Å². The molecule has 0 aliphatic rings. The molecule has 0 aliphatic carbocycles. The summed E-state index contributed by atoms with van der Waals surface area (Å²) in [7, 11) is 3.86. The van der Waals surface area contributed by atoms with Crippen LogP contribution < -0.4 is 0 Å². The third-order valence-corrected chi connectivity index (χ3v) is 3.23. The number of nitriles is 1. The van der Waals surface area contributed by atoms with Crippen molar-refractivity contribution in [3.05, 3.63) is 35.4 Å². The van der Waals surface area contributed by atoms with E-state index in [2.05, 4.69) is 49.1 Å². The van der Waals surface area contributed by atoms with Crippen LogP contribution in [-0.4, -0.2) is 37.0 Å². The summed E-state index contributed by atoms with van der Waals surface area (Å²) in [4.78, 5) is 4.31. The van der Waals surface area contributed by atoms with Crippen LogP contribution in [0.4, 0.5) is 0 Å². The first-order valence-electron chi connectivity index (χ1n) is 6.49. The van der Waals surface area contributed by atoms with Crippen molar-refractivity contribution in [2.45, 2.75) is 26.4 Å². The SMILES string of the molecule is CCN(CC)Cc1ccc(C(C#N)N(C)C)cc1. The average Bonchev–Trinajstić information content (AvgIpc) is 2.38. The van der Waals surface area contributed by atoms with Crippen LogP contribution in [0, 0.1) is 11.3 Å². The van der Waals surface area contributed by atoms with Gasteiger partial charge in [0.05, 0.1) is 6.07 Å². The second-order valence-corrected chi connectivity index (χ2v) is 4.70. The lowest BCUT2D eigenvalue weighted by Gasteiger charge is -2.20. The van der Waals surface area contributed by atoms with Crippen LogP contribution in [0.15, 0.2) is 24.3 Å². The Balaban J connectivity index is 2.77. The predicted octanol–water partition coefficient (Wildman–Crippen LogP) is 2.65. The fourth-order valence-electron chi connectivity index (χ4n) is 2.00. The van der Waals surface area contributed by atoms with Gasteiger partial charge >= 0.3 is 0 Å². The molecule has 0 saturated heterocycles. The monoisotopic (exact) mass is 245 g/mol. The fraction of sp³-hybridized carbons (Fsp3) is 0.533. The molecule has 0 aliphatic heterocycles. The molecular formula is C15H23N3. The Morgan fingerprint density at radius 2 is 1.67 bits per heavy atom. The van der Waals surface area contributed by atoms with E-state index in [1.165, 1.54) is 5.56 Å². The zero-order chi connectivity index (χ0) is 13.5. The summed E-state index contributed by atoms with van der Waals surface area (Å²) in [6.07, 6.45) is 0. The Labute approximate surface area is 111 Å². The van der Waals surface area contributed by atoms with Crippen LogP contribution in [0.1, 0.15) is 31.0 Å². The summed E-state index contributed by atoms with van der Waals surface area (Å²) in [6.45, 7) is 7.46. The zero-order valence-corrected chi connectivity index (χ0v) is 11.8. The first kappa shape index (κ1) is 14.7. The lowest BCUT2D eigenvalue weighted by molar-refractivity contribution is 0.296. The molecule has 1 rings (SSSR count). The Morgan fingerprint density at radius 3 is 2.06 bits per heavy atom. The summed E-state index contributed by atoms with van der Waals surface area (Å²) >= 11 is 0. The van der Waals surface area contributed by atoms with Gasteiger partial charge in [0, 0.05) is 6.54 Å². The van der Waals surface area contributed by atoms with Gasteiger partial charge in [-0.15, -0.1) is 0 Å². The van der Waals surface area contributed by atoms with Gasteiger partial charge in [0.2, 0.25) is 0 Å².